The Morgan fingerprint density at radius 3 is 2.57 bits per heavy atom. The summed E-state index contributed by atoms with van der Waals surface area (Å²) in [4.78, 5) is 42.4. The van der Waals surface area contributed by atoms with Crippen LogP contribution in [0.25, 0.3) is 17.3 Å². The zero-order valence-corrected chi connectivity index (χ0v) is 28.2. The Labute approximate surface area is 288 Å². The summed E-state index contributed by atoms with van der Waals surface area (Å²) >= 11 is 6.10. The second kappa shape index (κ2) is 14.2. The minimum absolute atomic E-state index is 0.0232. The third-order valence-electron chi connectivity index (χ3n) is 8.48. The summed E-state index contributed by atoms with van der Waals surface area (Å²) in [6, 6.07) is 14.7. The number of amides is 1. The number of Topliss-reactive ketones (excluding diaryl/α,β-unsaturated/α-hetero) is 1. The van der Waals surface area contributed by atoms with E-state index in [4.69, 9.17) is 16.3 Å². The fraction of sp³-hybridized carbons (Fsp3) is 0.297. The molecule has 1 aromatic heterocycles. The van der Waals surface area contributed by atoms with Gasteiger partial charge in [0.15, 0.2) is 11.6 Å². The maximum atomic E-state index is 15.3. The standard InChI is InChI=1S/C37H36ClFN6O4/c1-37(2,3)49-36(48)25-9-7-23(8-10-25)21-32(46)35-28-6-4-5-26(24-15-18-40-19-16-24)27(28)17-20-44(35)33(47)14-11-29-31(45-22-41-42-43-45)13-12-30(38)34(29)39/h4-15,22,35,40H,16-21H2,1-3H3/b14-11+. The van der Waals surface area contributed by atoms with Crippen LogP contribution in [0, 0.1) is 5.82 Å². The molecule has 1 atom stereocenters. The lowest BCUT2D eigenvalue weighted by atomic mass is 9.82. The average Bonchev–Trinajstić information content (AvgIpc) is 3.63. The molecule has 1 unspecified atom stereocenters. The molecule has 0 saturated carbocycles. The van der Waals surface area contributed by atoms with Crippen molar-refractivity contribution < 1.29 is 23.5 Å². The van der Waals surface area contributed by atoms with Gasteiger partial charge in [0.05, 0.1) is 16.3 Å². The van der Waals surface area contributed by atoms with Crippen LogP contribution < -0.4 is 5.32 Å². The van der Waals surface area contributed by atoms with Crippen molar-refractivity contribution in [3.05, 3.63) is 117 Å². The van der Waals surface area contributed by atoms with E-state index in [9.17, 15) is 14.4 Å². The van der Waals surface area contributed by atoms with E-state index in [1.807, 2.05) is 12.1 Å². The molecule has 1 amide bonds. The van der Waals surface area contributed by atoms with Gasteiger partial charge in [0, 0.05) is 31.1 Å². The smallest absolute Gasteiger partial charge is 0.338 e. The summed E-state index contributed by atoms with van der Waals surface area (Å²) in [5, 5.41) is 14.3. The zero-order chi connectivity index (χ0) is 34.7. The van der Waals surface area contributed by atoms with Gasteiger partial charge in [-0.15, -0.1) is 5.10 Å². The predicted molar refractivity (Wildman–Crippen MR) is 184 cm³/mol. The maximum absolute atomic E-state index is 15.3. The number of nitrogens with zero attached hydrogens (tertiary/aromatic N) is 5. The van der Waals surface area contributed by atoms with Gasteiger partial charge in [0.2, 0.25) is 5.91 Å². The Morgan fingerprint density at radius 2 is 1.88 bits per heavy atom. The minimum atomic E-state index is -0.892. The molecule has 4 aromatic rings. The first-order valence-electron chi connectivity index (χ1n) is 16.1. The number of ether oxygens (including phenoxy) is 1. The largest absolute Gasteiger partial charge is 0.456 e. The average molecular weight is 683 g/mol. The second-order valence-electron chi connectivity index (χ2n) is 13.0. The van der Waals surface area contributed by atoms with Crippen LogP contribution in [-0.2, 0) is 27.2 Å². The molecule has 0 spiro atoms. The van der Waals surface area contributed by atoms with Crippen molar-refractivity contribution in [2.45, 2.75) is 51.7 Å². The normalized spacial score (nSPS) is 16.3. The first kappa shape index (κ1) is 33.9. The maximum Gasteiger partial charge on any atom is 0.338 e. The van der Waals surface area contributed by atoms with Crippen LogP contribution in [0.1, 0.15) is 71.4 Å². The number of carbonyl (C=O) groups is 3. The van der Waals surface area contributed by atoms with Crippen molar-refractivity contribution in [1.82, 2.24) is 30.4 Å². The highest BCUT2D eigenvalue weighted by Crippen LogP contribution is 2.37. The first-order chi connectivity index (χ1) is 23.5. The molecule has 0 bridgehead atoms. The fourth-order valence-electron chi connectivity index (χ4n) is 6.25. The highest BCUT2D eigenvalue weighted by Gasteiger charge is 2.36. The van der Waals surface area contributed by atoms with E-state index < -0.39 is 29.3 Å². The van der Waals surface area contributed by atoms with E-state index in [1.165, 1.54) is 39.7 Å². The number of benzene rings is 3. The van der Waals surface area contributed by atoms with E-state index in [0.717, 1.165) is 36.2 Å². The van der Waals surface area contributed by atoms with Crippen molar-refractivity contribution in [2.75, 3.05) is 19.6 Å². The van der Waals surface area contributed by atoms with Crippen LogP contribution in [0.4, 0.5) is 4.39 Å². The monoisotopic (exact) mass is 682 g/mol. The van der Waals surface area contributed by atoms with Crippen LogP contribution in [0.5, 0.6) is 0 Å². The van der Waals surface area contributed by atoms with Gasteiger partial charge >= 0.3 is 5.97 Å². The molecular weight excluding hydrogens is 647 g/mol. The molecule has 3 heterocycles. The lowest BCUT2D eigenvalue weighted by Crippen LogP contribution is -2.43. The summed E-state index contributed by atoms with van der Waals surface area (Å²) in [5.74, 6) is -1.83. The van der Waals surface area contributed by atoms with Crippen molar-refractivity contribution in [3.63, 3.8) is 0 Å². The van der Waals surface area contributed by atoms with Crippen LogP contribution in [-0.4, -0.2) is 68.0 Å². The number of halogens is 2. The van der Waals surface area contributed by atoms with Crippen molar-refractivity contribution in [1.29, 1.82) is 0 Å². The van der Waals surface area contributed by atoms with Crippen LogP contribution in [0.15, 0.2) is 73.1 Å². The SMILES string of the molecule is CC(C)(C)OC(=O)c1ccc(CC(=O)C2c3cccc(C4=CCNCC4)c3CCN2C(=O)/C=C/c2c(-n3cnnn3)ccc(Cl)c2F)cc1. The minimum Gasteiger partial charge on any atom is -0.456 e. The van der Waals surface area contributed by atoms with Crippen LogP contribution in [0.2, 0.25) is 5.02 Å². The van der Waals surface area contributed by atoms with Gasteiger partial charge in [-0.2, -0.15) is 4.68 Å². The molecule has 0 fully saturated rings. The number of fused-ring (bicyclic) bond motifs is 1. The molecule has 0 aliphatic carbocycles. The molecule has 6 rings (SSSR count). The number of tetrazole rings is 1. The van der Waals surface area contributed by atoms with Crippen molar-refractivity contribution in [3.8, 4) is 5.69 Å². The van der Waals surface area contributed by atoms with Gasteiger partial charge in [-0.25, -0.2) is 9.18 Å². The molecule has 2 aliphatic rings. The highest BCUT2D eigenvalue weighted by molar-refractivity contribution is 6.31. The van der Waals surface area contributed by atoms with Gasteiger partial charge in [-0.3, -0.25) is 9.59 Å². The van der Waals surface area contributed by atoms with Crippen molar-refractivity contribution >= 4 is 40.9 Å². The third kappa shape index (κ3) is 7.53. The fourth-order valence-corrected chi connectivity index (χ4v) is 6.42. The Balaban J connectivity index is 1.33. The molecule has 1 N–H and O–H groups in total. The molecule has 10 nitrogen and oxygen atoms in total. The lowest BCUT2D eigenvalue weighted by molar-refractivity contribution is -0.136. The van der Waals surface area contributed by atoms with Gasteiger partial charge in [-0.05, 0) is 109 Å². The number of esters is 1. The van der Waals surface area contributed by atoms with E-state index in [0.29, 0.717) is 23.2 Å². The summed E-state index contributed by atoms with van der Waals surface area (Å²) < 4.78 is 22.0. The molecule has 12 heteroatoms. The van der Waals surface area contributed by atoms with E-state index in [-0.39, 0.29) is 29.3 Å². The zero-order valence-electron chi connectivity index (χ0n) is 27.5. The molecule has 3 aromatic carbocycles. The number of carbonyl (C=O) groups excluding carboxylic acids is 3. The highest BCUT2D eigenvalue weighted by atomic mass is 35.5. The number of rotatable bonds is 8. The number of nitrogens with one attached hydrogen (secondary N) is 1. The molecule has 2 aliphatic heterocycles. The van der Waals surface area contributed by atoms with Crippen LogP contribution >= 0.6 is 11.6 Å². The number of ketones is 1. The Kier molecular flexibility index (Phi) is 9.84. The lowest BCUT2D eigenvalue weighted by Gasteiger charge is -2.37. The Bertz CT molecular complexity index is 1950. The quantitative estimate of drug-likeness (QED) is 0.185. The summed E-state index contributed by atoms with van der Waals surface area (Å²) in [7, 11) is 0. The summed E-state index contributed by atoms with van der Waals surface area (Å²) in [5.41, 5.74) is 4.87. The summed E-state index contributed by atoms with van der Waals surface area (Å²) in [6.45, 7) is 7.31. The Hall–Kier alpha value is -5.00. The summed E-state index contributed by atoms with van der Waals surface area (Å²) in [6.07, 6.45) is 7.50. The van der Waals surface area contributed by atoms with E-state index >= 15 is 4.39 Å². The van der Waals surface area contributed by atoms with Gasteiger partial charge < -0.3 is 15.0 Å². The van der Waals surface area contributed by atoms with Crippen molar-refractivity contribution in [2.24, 2.45) is 0 Å². The molecular formula is C37H36ClFN6O4. The predicted octanol–water partition coefficient (Wildman–Crippen LogP) is 5.74. The second-order valence-corrected chi connectivity index (χ2v) is 13.4. The Morgan fingerprint density at radius 1 is 1.08 bits per heavy atom. The van der Waals surface area contributed by atoms with Crippen LogP contribution in [0.3, 0.4) is 0 Å². The molecule has 252 valence electrons. The van der Waals surface area contributed by atoms with E-state index in [1.54, 1.807) is 51.1 Å². The number of hydrogen-bond donors (Lipinski definition) is 1. The number of hydrogen-bond acceptors (Lipinski definition) is 8. The van der Waals surface area contributed by atoms with Gasteiger partial charge in [0.1, 0.15) is 18.0 Å². The number of aromatic nitrogens is 4. The third-order valence-corrected chi connectivity index (χ3v) is 8.78. The first-order valence-corrected chi connectivity index (χ1v) is 16.4. The molecule has 49 heavy (non-hydrogen) atoms. The molecule has 0 saturated heterocycles. The van der Waals surface area contributed by atoms with Gasteiger partial charge in [0.25, 0.3) is 0 Å². The van der Waals surface area contributed by atoms with Gasteiger partial charge in [-0.1, -0.05) is 48.0 Å². The topological polar surface area (TPSA) is 119 Å². The van der Waals surface area contributed by atoms with E-state index in [2.05, 4.69) is 33.0 Å². The molecule has 0 radical (unpaired) electrons.